The van der Waals surface area contributed by atoms with Crippen LogP contribution in [-0.4, -0.2) is 35.1 Å². The van der Waals surface area contributed by atoms with Crippen molar-refractivity contribution >= 4 is 23.6 Å². The van der Waals surface area contributed by atoms with Crippen LogP contribution in [0.2, 0.25) is 0 Å². The van der Waals surface area contributed by atoms with Crippen LogP contribution < -0.4 is 0 Å². The van der Waals surface area contributed by atoms with Crippen LogP contribution >= 0.6 is 0 Å². The monoisotopic (exact) mass is 470 g/mol. The van der Waals surface area contributed by atoms with Gasteiger partial charge < -0.3 is 26.3 Å². The van der Waals surface area contributed by atoms with Crippen molar-refractivity contribution in [2.75, 3.05) is 7.05 Å². The summed E-state index contributed by atoms with van der Waals surface area (Å²) in [6, 6.07) is 7.16. The molecule has 0 atom stereocenters. The molecule has 1 N–H and O–H groups in total. The van der Waals surface area contributed by atoms with Gasteiger partial charge in [0.1, 0.15) is 0 Å². The Morgan fingerprint density at radius 1 is 1.40 bits per heavy atom. The minimum absolute atomic E-state index is 0. The average Bonchev–Trinajstić information content (AvgIpc) is 2.43. The van der Waals surface area contributed by atoms with E-state index in [4.69, 9.17) is 5.21 Å². The number of hydrogen-bond donors (Lipinski definition) is 1. The molecule has 0 aliphatic rings. The predicted molar refractivity (Wildman–Crippen MR) is 70.3 cm³/mol. The molecule has 1 aromatic carbocycles. The number of carbonyl (C=O) groups excluding carboxylic acids is 1. The quantitative estimate of drug-likeness (QED) is 0.183. The molecule has 0 saturated carbocycles. The summed E-state index contributed by atoms with van der Waals surface area (Å²) < 4.78 is 0. The molecular formula is C13H15N3O2VYb. The molecular weight excluding hydrogens is 454 g/mol. The fourth-order valence-corrected chi connectivity index (χ4v) is 1.30. The Balaban J connectivity index is 0. The van der Waals surface area contributed by atoms with Gasteiger partial charge in [0, 0.05) is 53.3 Å². The summed E-state index contributed by atoms with van der Waals surface area (Å²) >= 11 is 0. The van der Waals surface area contributed by atoms with Crippen molar-refractivity contribution < 1.29 is 75.5 Å². The largest absolute Gasteiger partial charge is 2.00 e. The molecule has 0 unspecified atom stereocenters. The van der Waals surface area contributed by atoms with Gasteiger partial charge in [-0.05, 0) is 31.1 Å². The zero-order chi connectivity index (χ0) is 13.5. The zero-order valence-electron chi connectivity index (χ0n) is 11.3. The van der Waals surface area contributed by atoms with Crippen molar-refractivity contribution in [3.05, 3.63) is 36.2 Å². The molecule has 0 saturated heterocycles. The fraction of sp³-hybridized carbons (Fsp3) is 0.231. The van der Waals surface area contributed by atoms with Crippen molar-refractivity contribution in [2.45, 2.75) is 13.8 Å². The van der Waals surface area contributed by atoms with Crippen LogP contribution in [0.25, 0.3) is 0 Å². The second kappa shape index (κ2) is 11.5. The molecule has 7 heteroatoms. The van der Waals surface area contributed by atoms with Gasteiger partial charge in [-0.2, -0.15) is 6.92 Å². The van der Waals surface area contributed by atoms with E-state index < -0.39 is 0 Å². The molecule has 1 radical (unpaired) electrons. The van der Waals surface area contributed by atoms with E-state index in [2.05, 4.69) is 16.5 Å². The van der Waals surface area contributed by atoms with Crippen LogP contribution in [-0.2, 0) is 23.4 Å². The second-order valence-corrected chi connectivity index (χ2v) is 3.60. The van der Waals surface area contributed by atoms with Crippen LogP contribution in [0.5, 0.6) is 0 Å². The summed E-state index contributed by atoms with van der Waals surface area (Å²) in [5.41, 5.74) is 1.73. The Bertz CT molecular complexity index is 492. The maximum absolute atomic E-state index is 11.3. The fourth-order valence-electron chi connectivity index (χ4n) is 1.30. The number of rotatable bonds is 4. The molecule has 0 fully saturated rings. The van der Waals surface area contributed by atoms with Gasteiger partial charge in [0.25, 0.3) is 0 Å². The maximum atomic E-state index is 11.3. The van der Waals surface area contributed by atoms with Gasteiger partial charge in [-0.25, -0.2) is 0 Å². The topological polar surface area (TPSA) is 65.3 Å². The van der Waals surface area contributed by atoms with E-state index in [1.54, 1.807) is 33.0 Å². The molecule has 1 aromatic rings. The van der Waals surface area contributed by atoms with Gasteiger partial charge in [0.05, 0.1) is 5.71 Å². The smallest absolute Gasteiger partial charge is 0.438 e. The van der Waals surface area contributed by atoms with Crippen molar-refractivity contribution in [3.8, 4) is 0 Å². The first-order valence-corrected chi connectivity index (χ1v) is 5.41. The number of benzene rings is 1. The first-order chi connectivity index (χ1) is 8.60. The zero-order valence-corrected chi connectivity index (χ0v) is 14.4. The predicted octanol–water partition coefficient (Wildman–Crippen LogP) is 2.10. The molecule has 0 spiro atoms. The Morgan fingerprint density at radius 2 is 2.00 bits per heavy atom. The summed E-state index contributed by atoms with van der Waals surface area (Å²) in [6.07, 6.45) is 4.04. The number of oxime groups is 1. The number of aliphatic imine (C=N–C) groups is 1. The van der Waals surface area contributed by atoms with Crippen LogP contribution in [0.1, 0.15) is 19.4 Å². The van der Waals surface area contributed by atoms with Gasteiger partial charge in [-0.3, -0.25) is 0 Å². The van der Waals surface area contributed by atoms with E-state index in [1.165, 1.54) is 11.3 Å². The average molecular weight is 469 g/mol. The van der Waals surface area contributed by atoms with Gasteiger partial charge >= 0.3 is 18.6 Å². The van der Waals surface area contributed by atoms with Crippen molar-refractivity contribution in [3.63, 3.8) is 0 Å². The second-order valence-electron chi connectivity index (χ2n) is 3.60. The van der Waals surface area contributed by atoms with Crippen LogP contribution in [0.3, 0.4) is 0 Å². The molecule has 5 nitrogen and oxygen atoms in total. The summed E-state index contributed by atoms with van der Waals surface area (Å²) in [7, 11) is 1.57. The van der Waals surface area contributed by atoms with E-state index in [0.29, 0.717) is 17.0 Å². The van der Waals surface area contributed by atoms with E-state index in [-0.39, 0.29) is 71.4 Å². The number of hydrogen-bond acceptors (Lipinski definition) is 4. The van der Waals surface area contributed by atoms with Crippen molar-refractivity contribution in [1.29, 1.82) is 0 Å². The standard InChI is InChI=1S/C13H15N3O2.V.Yb/c1-4-13(17)16(3)9-14-12-8-6-5-7-11(12)10(2)15-18;;/h4-8,18H,1-3H3;;/q-2;+2;. The van der Waals surface area contributed by atoms with Gasteiger partial charge in [-0.15, -0.1) is 0 Å². The molecule has 0 heterocycles. The first kappa shape index (κ1) is 22.1. The third-order valence-electron chi connectivity index (χ3n) is 2.34. The van der Waals surface area contributed by atoms with E-state index >= 15 is 0 Å². The van der Waals surface area contributed by atoms with Gasteiger partial charge in [-0.1, -0.05) is 29.4 Å². The SMILES string of the molecule is C[CH-]C(=O)N(C)[C-]=Nc1ccccc1C(C)=NO.[V+2].[Yb]. The first-order valence-electron chi connectivity index (χ1n) is 5.41. The van der Waals surface area contributed by atoms with E-state index in [0.717, 1.165) is 0 Å². The molecule has 0 aliphatic heterocycles. The summed E-state index contributed by atoms with van der Waals surface area (Å²) in [5.74, 6) is -0.191. The Labute approximate surface area is 169 Å². The van der Waals surface area contributed by atoms with Crippen LogP contribution in [0, 0.1) is 53.3 Å². The minimum atomic E-state index is -0.191. The molecule has 20 heavy (non-hydrogen) atoms. The number of para-hydroxylation sites is 1. The molecule has 0 bridgehead atoms. The third-order valence-corrected chi connectivity index (χ3v) is 2.34. The Hall–Kier alpha value is -0.196. The van der Waals surface area contributed by atoms with Crippen LogP contribution in [0.15, 0.2) is 34.4 Å². The molecule has 0 aromatic heterocycles. The van der Waals surface area contributed by atoms with Crippen LogP contribution in [0.4, 0.5) is 5.69 Å². The normalized spacial score (nSPS) is 10.4. The molecule has 1 amide bonds. The maximum Gasteiger partial charge on any atom is 2.00 e. The third kappa shape index (κ3) is 6.50. The summed E-state index contributed by atoms with van der Waals surface area (Å²) in [6.45, 7) is 3.32. The van der Waals surface area contributed by atoms with Crippen molar-refractivity contribution in [2.24, 2.45) is 10.1 Å². The van der Waals surface area contributed by atoms with E-state index in [9.17, 15) is 4.79 Å². The summed E-state index contributed by atoms with van der Waals surface area (Å²) in [4.78, 5) is 16.6. The minimum Gasteiger partial charge on any atom is -0.438 e. The number of carbonyl (C=O) groups is 1. The van der Waals surface area contributed by atoms with Crippen molar-refractivity contribution in [1.82, 2.24) is 4.90 Å². The summed E-state index contributed by atoms with van der Waals surface area (Å²) in [5, 5.41) is 11.9. The number of nitrogens with zero attached hydrogens (tertiary/aromatic N) is 3. The number of amides is 1. The molecule has 0 aliphatic carbocycles. The van der Waals surface area contributed by atoms with E-state index in [1.807, 2.05) is 12.1 Å². The van der Waals surface area contributed by atoms with Gasteiger partial charge in [0.2, 0.25) is 0 Å². The Kier molecular flexibility index (Phi) is 12.7. The Morgan fingerprint density at radius 3 is 2.55 bits per heavy atom. The van der Waals surface area contributed by atoms with Gasteiger partial charge in [0.15, 0.2) is 0 Å². The molecule has 1 rings (SSSR count). The molecule has 113 valence electrons.